The van der Waals surface area contributed by atoms with Crippen LogP contribution in [0.4, 0.5) is 8.78 Å². The zero-order chi connectivity index (χ0) is 22.6. The number of hydrogen-bond acceptors (Lipinski definition) is 1. The first-order valence-corrected chi connectivity index (χ1v) is 13.4. The van der Waals surface area contributed by atoms with Gasteiger partial charge in [0.25, 0.3) is 0 Å². The molecule has 0 aromatic heterocycles. The van der Waals surface area contributed by atoms with Gasteiger partial charge in [-0.15, -0.1) is 0 Å². The number of alkyl halides is 2. The average molecular weight is 447 g/mol. The van der Waals surface area contributed by atoms with E-state index in [2.05, 4.69) is 17.7 Å². The molecule has 1 aromatic rings. The second-order valence-corrected chi connectivity index (χ2v) is 10.2. The zero-order valence-electron chi connectivity index (χ0n) is 20.2. The van der Waals surface area contributed by atoms with E-state index in [4.69, 9.17) is 0 Å². The van der Waals surface area contributed by atoms with Gasteiger partial charge in [0.1, 0.15) is 5.75 Å². The number of benzene rings is 1. The van der Waals surface area contributed by atoms with E-state index in [0.717, 1.165) is 11.8 Å². The fraction of sp³-hybridized carbons (Fsp3) is 0.724. The normalized spacial score (nSPS) is 23.9. The smallest absolute Gasteiger partial charge is 0.387 e. The molecule has 0 amide bonds. The molecular weight excluding hydrogens is 402 g/mol. The Morgan fingerprint density at radius 3 is 2.06 bits per heavy atom. The summed E-state index contributed by atoms with van der Waals surface area (Å²) >= 11 is 0. The van der Waals surface area contributed by atoms with Gasteiger partial charge >= 0.3 is 6.61 Å². The minimum atomic E-state index is -2.75. The molecule has 0 heterocycles. The summed E-state index contributed by atoms with van der Waals surface area (Å²) < 4.78 is 29.1. The van der Waals surface area contributed by atoms with E-state index in [9.17, 15) is 8.78 Å². The molecule has 1 fully saturated rings. The maximum absolute atomic E-state index is 12.3. The predicted molar refractivity (Wildman–Crippen MR) is 130 cm³/mol. The van der Waals surface area contributed by atoms with Gasteiger partial charge in [-0.3, -0.25) is 0 Å². The monoisotopic (exact) mass is 446 g/mol. The van der Waals surface area contributed by atoms with Crippen molar-refractivity contribution in [3.8, 4) is 5.75 Å². The third-order valence-corrected chi connectivity index (χ3v) is 7.91. The zero-order valence-corrected chi connectivity index (χ0v) is 20.2. The Morgan fingerprint density at radius 2 is 1.47 bits per heavy atom. The Hall–Kier alpha value is -1.38. The minimum absolute atomic E-state index is 0.259. The highest BCUT2D eigenvalue weighted by Crippen LogP contribution is 2.43. The van der Waals surface area contributed by atoms with Gasteiger partial charge in [0.05, 0.1) is 0 Å². The van der Waals surface area contributed by atoms with Crippen LogP contribution in [0.25, 0.3) is 0 Å². The lowest BCUT2D eigenvalue weighted by molar-refractivity contribution is -0.0498. The standard InChI is InChI=1S/C29H44F2O/c1-2-3-4-5-6-7-8-9-10-23-11-13-24(14-12-23)25-15-17-26(18-16-25)27-19-21-28(22-20-27)32-29(30)31/h11,19-22,24-26,29H,2-10,12-18H2,1H3. The summed E-state index contributed by atoms with van der Waals surface area (Å²) in [6, 6.07) is 7.33. The largest absolute Gasteiger partial charge is 0.435 e. The third kappa shape index (κ3) is 8.52. The van der Waals surface area contributed by atoms with Gasteiger partial charge in [-0.05, 0) is 93.2 Å². The number of hydrogen-bond donors (Lipinski definition) is 0. The Kier molecular flexibility index (Phi) is 11.1. The summed E-state index contributed by atoms with van der Waals surface area (Å²) in [4.78, 5) is 0. The number of ether oxygens (including phenoxy) is 1. The van der Waals surface area contributed by atoms with Crippen LogP contribution >= 0.6 is 0 Å². The molecule has 3 rings (SSSR count). The van der Waals surface area contributed by atoms with Gasteiger partial charge in [0, 0.05) is 0 Å². The molecule has 1 saturated carbocycles. The van der Waals surface area contributed by atoms with Gasteiger partial charge < -0.3 is 4.74 Å². The number of halogens is 2. The van der Waals surface area contributed by atoms with Crippen molar-refractivity contribution in [2.24, 2.45) is 11.8 Å². The lowest BCUT2D eigenvalue weighted by atomic mass is 9.70. The van der Waals surface area contributed by atoms with Crippen molar-refractivity contribution in [1.29, 1.82) is 0 Å². The second kappa shape index (κ2) is 14.0. The first-order chi connectivity index (χ1) is 15.7. The highest BCUT2D eigenvalue weighted by atomic mass is 19.3. The van der Waals surface area contributed by atoms with Gasteiger partial charge in [-0.2, -0.15) is 8.78 Å². The van der Waals surface area contributed by atoms with Gasteiger partial charge in [0.15, 0.2) is 0 Å². The summed E-state index contributed by atoms with van der Waals surface area (Å²) in [5.41, 5.74) is 3.01. The SMILES string of the molecule is CCCCCCCCCCC1=CCC(C2CCC(c3ccc(OC(F)F)cc3)CC2)CC1. The maximum atomic E-state index is 12.3. The molecule has 0 bridgehead atoms. The molecular formula is C29H44F2O. The van der Waals surface area contributed by atoms with Crippen molar-refractivity contribution >= 4 is 0 Å². The van der Waals surface area contributed by atoms with Crippen molar-refractivity contribution < 1.29 is 13.5 Å². The Balaban J connectivity index is 1.31. The first kappa shape index (κ1) is 25.2. The molecule has 1 aromatic carbocycles. The van der Waals surface area contributed by atoms with Crippen molar-refractivity contribution in [3.05, 3.63) is 41.5 Å². The van der Waals surface area contributed by atoms with Crippen LogP contribution in [-0.4, -0.2) is 6.61 Å². The van der Waals surface area contributed by atoms with Crippen LogP contribution in [0.2, 0.25) is 0 Å². The Bertz CT molecular complexity index is 658. The highest BCUT2D eigenvalue weighted by Gasteiger charge is 2.29. The lowest BCUT2D eigenvalue weighted by Gasteiger charge is -2.35. The van der Waals surface area contributed by atoms with Crippen molar-refractivity contribution in [1.82, 2.24) is 0 Å². The fourth-order valence-corrected chi connectivity index (χ4v) is 5.90. The van der Waals surface area contributed by atoms with Crippen molar-refractivity contribution in [2.45, 2.75) is 122 Å². The molecule has 3 heteroatoms. The van der Waals surface area contributed by atoms with Crippen LogP contribution < -0.4 is 4.74 Å². The summed E-state index contributed by atoms with van der Waals surface area (Å²) in [5.74, 6) is 2.58. The maximum Gasteiger partial charge on any atom is 0.387 e. The minimum Gasteiger partial charge on any atom is -0.435 e. The second-order valence-electron chi connectivity index (χ2n) is 10.2. The molecule has 0 spiro atoms. The van der Waals surface area contributed by atoms with Gasteiger partial charge in [-0.1, -0.05) is 75.7 Å². The molecule has 0 N–H and O–H groups in total. The third-order valence-electron chi connectivity index (χ3n) is 7.91. The quantitative estimate of drug-likeness (QED) is 0.216. The molecule has 32 heavy (non-hydrogen) atoms. The topological polar surface area (TPSA) is 9.23 Å². The van der Waals surface area contributed by atoms with Crippen LogP contribution in [0.1, 0.15) is 121 Å². The van der Waals surface area contributed by atoms with Gasteiger partial charge in [-0.25, -0.2) is 0 Å². The van der Waals surface area contributed by atoms with Crippen LogP contribution in [0.15, 0.2) is 35.9 Å². The van der Waals surface area contributed by atoms with Gasteiger partial charge in [0.2, 0.25) is 0 Å². The van der Waals surface area contributed by atoms with Crippen molar-refractivity contribution in [3.63, 3.8) is 0 Å². The molecule has 1 unspecified atom stereocenters. The van der Waals surface area contributed by atoms with Crippen LogP contribution in [0.3, 0.4) is 0 Å². The average Bonchev–Trinajstić information content (AvgIpc) is 2.81. The molecule has 0 radical (unpaired) electrons. The molecule has 1 nitrogen and oxygen atoms in total. The number of rotatable bonds is 13. The van der Waals surface area contributed by atoms with E-state index in [-0.39, 0.29) is 5.75 Å². The van der Waals surface area contributed by atoms with E-state index in [1.165, 1.54) is 108 Å². The van der Waals surface area contributed by atoms with Crippen molar-refractivity contribution in [2.75, 3.05) is 0 Å². The first-order valence-electron chi connectivity index (χ1n) is 13.4. The number of unbranched alkanes of at least 4 members (excludes halogenated alkanes) is 7. The highest BCUT2D eigenvalue weighted by molar-refractivity contribution is 5.29. The Labute approximate surface area is 195 Å². The fourth-order valence-electron chi connectivity index (χ4n) is 5.90. The summed E-state index contributed by atoms with van der Waals surface area (Å²) in [6.45, 7) is -0.465. The van der Waals surface area contributed by atoms with Crippen LogP contribution in [0, 0.1) is 11.8 Å². The van der Waals surface area contributed by atoms with E-state index < -0.39 is 6.61 Å². The van der Waals surface area contributed by atoms with Crippen LogP contribution in [-0.2, 0) is 0 Å². The van der Waals surface area contributed by atoms with Crippen LogP contribution in [0.5, 0.6) is 5.75 Å². The molecule has 0 saturated heterocycles. The summed E-state index contributed by atoms with van der Waals surface area (Å²) in [6.07, 6.45) is 24.2. The lowest BCUT2D eigenvalue weighted by Crippen LogP contribution is -2.22. The molecule has 0 aliphatic heterocycles. The summed E-state index contributed by atoms with van der Waals surface area (Å²) in [7, 11) is 0. The molecule has 1 atom stereocenters. The molecule has 180 valence electrons. The molecule has 2 aliphatic carbocycles. The van der Waals surface area contributed by atoms with E-state index in [1.54, 1.807) is 17.7 Å². The number of allylic oxidation sites excluding steroid dienone is 2. The summed E-state index contributed by atoms with van der Waals surface area (Å²) in [5, 5.41) is 0. The Morgan fingerprint density at radius 1 is 0.812 bits per heavy atom. The van der Waals surface area contributed by atoms with E-state index >= 15 is 0 Å². The van der Waals surface area contributed by atoms with E-state index in [0.29, 0.717) is 5.92 Å². The molecule has 2 aliphatic rings. The van der Waals surface area contributed by atoms with E-state index in [1.807, 2.05) is 12.1 Å². The predicted octanol–water partition coefficient (Wildman–Crippen LogP) is 9.82.